The molecule has 0 aliphatic heterocycles. The Balaban J connectivity index is 2.19. The molecule has 0 N–H and O–H groups in total. The quantitative estimate of drug-likeness (QED) is 0.415. The van der Waals surface area contributed by atoms with Gasteiger partial charge in [-0.15, -0.1) is 11.3 Å². The molecule has 0 saturated carbocycles. The number of rotatable bonds is 6. The number of methoxy groups -OCH3 is 2. The largest absolute Gasteiger partial charge is 0.469 e. The molecule has 0 atom stereocenters. The predicted octanol–water partition coefficient (Wildman–Crippen LogP) is 4.61. The van der Waals surface area contributed by atoms with Gasteiger partial charge in [0.15, 0.2) is 0 Å². The third-order valence-electron chi connectivity index (χ3n) is 5.24. The summed E-state index contributed by atoms with van der Waals surface area (Å²) in [7, 11) is 2.31. The van der Waals surface area contributed by atoms with Crippen molar-refractivity contribution < 1.29 is 37.4 Å². The first-order valence-corrected chi connectivity index (χ1v) is 11.4. The minimum Gasteiger partial charge on any atom is -0.469 e. The SMILES string of the molecule is COC(=O)Cc1sc(F)c(N(C(=O)C2=C(C(=O)OC)CCCC2)C(=O)c2cccc(F)c2)c1Cl. The summed E-state index contributed by atoms with van der Waals surface area (Å²) in [6.07, 6.45) is 1.17. The number of thiophene rings is 1. The Morgan fingerprint density at radius 1 is 1.03 bits per heavy atom. The maximum absolute atomic E-state index is 15.1. The zero-order valence-electron chi connectivity index (χ0n) is 18.3. The average molecular weight is 512 g/mol. The van der Waals surface area contributed by atoms with Crippen molar-refractivity contribution >= 4 is 52.4 Å². The summed E-state index contributed by atoms with van der Waals surface area (Å²) in [5, 5.41) is -1.33. The number of amides is 2. The molecule has 3 rings (SSSR count). The van der Waals surface area contributed by atoms with E-state index in [1.807, 2.05) is 0 Å². The van der Waals surface area contributed by atoms with Crippen LogP contribution in [0.25, 0.3) is 0 Å². The molecular weight excluding hydrogens is 492 g/mol. The van der Waals surface area contributed by atoms with E-state index in [4.69, 9.17) is 16.3 Å². The van der Waals surface area contributed by atoms with Crippen molar-refractivity contribution in [3.8, 4) is 0 Å². The Morgan fingerprint density at radius 2 is 1.71 bits per heavy atom. The van der Waals surface area contributed by atoms with Crippen LogP contribution in [0.15, 0.2) is 35.4 Å². The molecule has 7 nitrogen and oxygen atoms in total. The average Bonchev–Trinajstić information content (AvgIpc) is 3.11. The smallest absolute Gasteiger partial charge is 0.334 e. The van der Waals surface area contributed by atoms with Gasteiger partial charge in [0.2, 0.25) is 5.13 Å². The lowest BCUT2D eigenvalue weighted by Gasteiger charge is -2.25. The molecule has 180 valence electrons. The van der Waals surface area contributed by atoms with Gasteiger partial charge in [0.1, 0.15) is 11.5 Å². The lowest BCUT2D eigenvalue weighted by Crippen LogP contribution is -2.40. The second-order valence-corrected chi connectivity index (χ2v) is 8.76. The number of hydrogen-bond donors (Lipinski definition) is 0. The fourth-order valence-corrected chi connectivity index (χ4v) is 4.88. The van der Waals surface area contributed by atoms with E-state index in [0.717, 1.165) is 26.4 Å². The van der Waals surface area contributed by atoms with Crippen molar-refractivity contribution in [1.82, 2.24) is 0 Å². The Morgan fingerprint density at radius 3 is 2.32 bits per heavy atom. The fourth-order valence-electron chi connectivity index (χ4n) is 3.59. The van der Waals surface area contributed by atoms with Crippen molar-refractivity contribution in [2.75, 3.05) is 19.1 Å². The fraction of sp³-hybridized carbons (Fsp3) is 0.304. The summed E-state index contributed by atoms with van der Waals surface area (Å²) in [6.45, 7) is 0. The summed E-state index contributed by atoms with van der Waals surface area (Å²) in [4.78, 5) is 51.6. The van der Waals surface area contributed by atoms with E-state index in [-0.39, 0.29) is 45.9 Å². The zero-order valence-corrected chi connectivity index (χ0v) is 19.9. The molecule has 1 aromatic carbocycles. The van der Waals surface area contributed by atoms with Gasteiger partial charge in [0, 0.05) is 21.6 Å². The van der Waals surface area contributed by atoms with Crippen molar-refractivity contribution in [2.24, 2.45) is 0 Å². The van der Waals surface area contributed by atoms with E-state index in [1.165, 1.54) is 12.1 Å². The molecule has 0 saturated heterocycles. The van der Waals surface area contributed by atoms with Crippen molar-refractivity contribution in [3.63, 3.8) is 0 Å². The predicted molar refractivity (Wildman–Crippen MR) is 121 cm³/mol. The third kappa shape index (κ3) is 5.18. The summed E-state index contributed by atoms with van der Waals surface area (Å²) in [5.41, 5.74) is -0.746. The molecular formula is C23H20ClF2NO6S. The van der Waals surface area contributed by atoms with Gasteiger partial charge in [0.25, 0.3) is 11.8 Å². The third-order valence-corrected chi connectivity index (χ3v) is 6.73. The van der Waals surface area contributed by atoms with Crippen LogP contribution in [0.4, 0.5) is 14.5 Å². The van der Waals surface area contributed by atoms with Crippen LogP contribution in [0.5, 0.6) is 0 Å². The summed E-state index contributed by atoms with van der Waals surface area (Å²) >= 11 is 6.81. The molecule has 0 fully saturated rings. The number of carbonyl (C=O) groups is 4. The molecule has 1 aliphatic carbocycles. The number of carbonyl (C=O) groups excluding carboxylic acids is 4. The topological polar surface area (TPSA) is 90.0 Å². The molecule has 0 spiro atoms. The number of esters is 2. The van der Waals surface area contributed by atoms with E-state index >= 15 is 4.39 Å². The van der Waals surface area contributed by atoms with Crippen LogP contribution in [0.1, 0.15) is 40.9 Å². The highest BCUT2D eigenvalue weighted by Crippen LogP contribution is 2.41. The maximum atomic E-state index is 15.1. The molecule has 2 aromatic rings. The second kappa shape index (κ2) is 10.9. The van der Waals surface area contributed by atoms with Crippen molar-refractivity contribution in [2.45, 2.75) is 32.1 Å². The lowest BCUT2D eigenvalue weighted by molar-refractivity contribution is -0.139. The van der Waals surface area contributed by atoms with Gasteiger partial charge in [-0.3, -0.25) is 14.4 Å². The zero-order chi connectivity index (χ0) is 25.0. The molecule has 0 radical (unpaired) electrons. The molecule has 1 heterocycles. The molecule has 0 unspecified atom stereocenters. The van der Waals surface area contributed by atoms with E-state index in [0.29, 0.717) is 29.1 Å². The van der Waals surface area contributed by atoms with Crippen LogP contribution >= 0.6 is 22.9 Å². The number of benzene rings is 1. The monoisotopic (exact) mass is 511 g/mol. The highest BCUT2D eigenvalue weighted by molar-refractivity contribution is 7.11. The molecule has 34 heavy (non-hydrogen) atoms. The van der Waals surface area contributed by atoms with Gasteiger partial charge in [0.05, 0.1) is 25.7 Å². The van der Waals surface area contributed by atoms with Crippen LogP contribution in [-0.2, 0) is 30.3 Å². The number of imide groups is 1. The molecule has 11 heteroatoms. The normalized spacial score (nSPS) is 13.4. The Kier molecular flexibility index (Phi) is 8.16. The number of nitrogens with zero attached hydrogens (tertiary/aromatic N) is 1. The Hall–Kier alpha value is -3.11. The maximum Gasteiger partial charge on any atom is 0.334 e. The van der Waals surface area contributed by atoms with Crippen LogP contribution in [0, 0.1) is 10.9 Å². The number of halogens is 3. The van der Waals surface area contributed by atoms with Crippen LogP contribution < -0.4 is 4.90 Å². The standard InChI is InChI=1S/C23H20ClF2NO6S/c1-32-17(28)11-16-18(24)19(20(26)34-16)27(21(29)12-6-5-7-13(25)10-12)22(30)14-8-3-4-9-15(14)23(31)33-2/h5-7,10H,3-4,8-9,11H2,1-2H3. The summed E-state index contributed by atoms with van der Waals surface area (Å²) < 4.78 is 38.3. The first-order chi connectivity index (χ1) is 16.2. The van der Waals surface area contributed by atoms with Crippen molar-refractivity contribution in [1.29, 1.82) is 0 Å². The first kappa shape index (κ1) is 25.5. The van der Waals surface area contributed by atoms with Gasteiger partial charge in [-0.2, -0.15) is 4.39 Å². The molecule has 0 bridgehead atoms. The molecule has 2 amide bonds. The van der Waals surface area contributed by atoms with Gasteiger partial charge in [-0.25, -0.2) is 14.1 Å². The van der Waals surface area contributed by atoms with E-state index in [1.54, 1.807) is 0 Å². The Bertz CT molecular complexity index is 1190. The van der Waals surface area contributed by atoms with Gasteiger partial charge in [-0.05, 0) is 43.9 Å². The van der Waals surface area contributed by atoms with Crippen LogP contribution in [-0.4, -0.2) is 38.0 Å². The lowest BCUT2D eigenvalue weighted by atomic mass is 9.90. The number of ether oxygens (including phenoxy) is 2. The number of hydrogen-bond acceptors (Lipinski definition) is 7. The van der Waals surface area contributed by atoms with Crippen molar-refractivity contribution in [3.05, 3.63) is 61.8 Å². The highest BCUT2D eigenvalue weighted by atomic mass is 35.5. The van der Waals surface area contributed by atoms with Crippen LogP contribution in [0.2, 0.25) is 5.02 Å². The number of anilines is 1. The summed E-state index contributed by atoms with van der Waals surface area (Å²) in [5.74, 6) is -4.20. The summed E-state index contributed by atoms with van der Waals surface area (Å²) in [6, 6.07) is 4.52. The molecule has 1 aliphatic rings. The highest BCUT2D eigenvalue weighted by Gasteiger charge is 2.37. The Labute approximate surface area is 202 Å². The van der Waals surface area contributed by atoms with E-state index in [2.05, 4.69) is 4.74 Å². The molecule has 1 aromatic heterocycles. The minimum absolute atomic E-state index is 0.0148. The van der Waals surface area contributed by atoms with Gasteiger partial charge < -0.3 is 9.47 Å². The van der Waals surface area contributed by atoms with Gasteiger partial charge in [-0.1, -0.05) is 17.7 Å². The second-order valence-electron chi connectivity index (χ2n) is 7.33. The van der Waals surface area contributed by atoms with Gasteiger partial charge >= 0.3 is 11.9 Å². The minimum atomic E-state index is -1.05. The van der Waals surface area contributed by atoms with Crippen LogP contribution in [0.3, 0.4) is 0 Å². The first-order valence-electron chi connectivity index (χ1n) is 10.2. The van der Waals surface area contributed by atoms with E-state index < -0.39 is 40.4 Å². The van der Waals surface area contributed by atoms with E-state index in [9.17, 15) is 23.6 Å².